The molecule has 5 heteroatoms. The van der Waals surface area contributed by atoms with Gasteiger partial charge in [0.15, 0.2) is 5.96 Å². The summed E-state index contributed by atoms with van der Waals surface area (Å²) in [5, 5.41) is 6.56. The number of hydrogen-bond acceptors (Lipinski definition) is 3. The number of guanidine groups is 1. The molecule has 0 bridgehead atoms. The van der Waals surface area contributed by atoms with Gasteiger partial charge < -0.3 is 15.4 Å². The summed E-state index contributed by atoms with van der Waals surface area (Å²) >= 11 is 0. The second-order valence-corrected chi connectivity index (χ2v) is 6.22. The van der Waals surface area contributed by atoms with Crippen LogP contribution >= 0.6 is 0 Å². The number of aliphatic imine (C=N–C) groups is 1. The Morgan fingerprint density at radius 1 is 1.16 bits per heavy atom. The van der Waals surface area contributed by atoms with Gasteiger partial charge >= 0.3 is 0 Å². The molecule has 2 aromatic rings. The van der Waals surface area contributed by atoms with E-state index in [0.29, 0.717) is 19.0 Å². The molecule has 0 unspecified atom stereocenters. The van der Waals surface area contributed by atoms with E-state index in [9.17, 15) is 0 Å². The SMILES string of the molecule is CCNC(=NCc1cccc(OCC(C)C)c1)NCc1ccccn1. The summed E-state index contributed by atoms with van der Waals surface area (Å²) in [6, 6.07) is 14.0. The molecule has 0 saturated heterocycles. The summed E-state index contributed by atoms with van der Waals surface area (Å²) in [6.07, 6.45) is 1.80. The quantitative estimate of drug-likeness (QED) is 0.571. The average molecular weight is 340 g/mol. The molecule has 0 amide bonds. The fraction of sp³-hybridized carbons (Fsp3) is 0.400. The van der Waals surface area contributed by atoms with Gasteiger partial charge in [0.05, 0.1) is 25.4 Å². The monoisotopic (exact) mass is 340 g/mol. The van der Waals surface area contributed by atoms with Crippen LogP contribution in [0.15, 0.2) is 53.7 Å². The first kappa shape index (κ1) is 18.8. The Morgan fingerprint density at radius 3 is 2.76 bits per heavy atom. The van der Waals surface area contributed by atoms with E-state index in [0.717, 1.165) is 36.1 Å². The van der Waals surface area contributed by atoms with Crippen molar-refractivity contribution in [2.45, 2.75) is 33.9 Å². The van der Waals surface area contributed by atoms with Crippen LogP contribution in [0.2, 0.25) is 0 Å². The molecule has 1 aromatic carbocycles. The fourth-order valence-electron chi connectivity index (χ4n) is 2.19. The lowest BCUT2D eigenvalue weighted by Crippen LogP contribution is -2.36. The summed E-state index contributed by atoms with van der Waals surface area (Å²) in [5.74, 6) is 2.19. The number of pyridine rings is 1. The third kappa shape index (κ3) is 7.25. The Labute approximate surface area is 150 Å². The molecule has 0 spiro atoms. The van der Waals surface area contributed by atoms with Crippen molar-refractivity contribution in [3.05, 3.63) is 59.9 Å². The average Bonchev–Trinajstić information content (AvgIpc) is 2.63. The van der Waals surface area contributed by atoms with E-state index >= 15 is 0 Å². The Kier molecular flexibility index (Phi) is 7.76. The highest BCUT2D eigenvalue weighted by Gasteiger charge is 2.01. The number of aromatic nitrogens is 1. The summed E-state index contributed by atoms with van der Waals surface area (Å²) in [7, 11) is 0. The van der Waals surface area contributed by atoms with Crippen LogP contribution in [0.25, 0.3) is 0 Å². The minimum absolute atomic E-state index is 0.512. The van der Waals surface area contributed by atoms with Crippen LogP contribution in [0.3, 0.4) is 0 Å². The number of hydrogen-bond donors (Lipinski definition) is 2. The normalized spacial score (nSPS) is 11.4. The van der Waals surface area contributed by atoms with E-state index in [1.807, 2.05) is 36.4 Å². The van der Waals surface area contributed by atoms with Crippen molar-refractivity contribution in [2.24, 2.45) is 10.9 Å². The Morgan fingerprint density at radius 2 is 2.04 bits per heavy atom. The molecule has 0 aliphatic carbocycles. The molecule has 2 N–H and O–H groups in total. The second kappa shape index (κ2) is 10.3. The zero-order valence-corrected chi connectivity index (χ0v) is 15.3. The van der Waals surface area contributed by atoms with E-state index in [1.54, 1.807) is 6.20 Å². The third-order valence-electron chi connectivity index (χ3n) is 3.41. The highest BCUT2D eigenvalue weighted by atomic mass is 16.5. The summed E-state index contributed by atoms with van der Waals surface area (Å²) < 4.78 is 5.78. The molecule has 1 aromatic heterocycles. The second-order valence-electron chi connectivity index (χ2n) is 6.22. The Hall–Kier alpha value is -2.56. The van der Waals surface area contributed by atoms with Gasteiger partial charge in [-0.2, -0.15) is 0 Å². The molecule has 134 valence electrons. The van der Waals surface area contributed by atoms with Crippen LogP contribution in [-0.2, 0) is 13.1 Å². The van der Waals surface area contributed by atoms with Gasteiger partial charge in [-0.3, -0.25) is 4.98 Å². The molecule has 2 rings (SSSR count). The minimum Gasteiger partial charge on any atom is -0.493 e. The lowest BCUT2D eigenvalue weighted by atomic mass is 10.2. The number of ether oxygens (including phenoxy) is 1. The van der Waals surface area contributed by atoms with Gasteiger partial charge in [-0.15, -0.1) is 0 Å². The zero-order valence-electron chi connectivity index (χ0n) is 15.3. The van der Waals surface area contributed by atoms with E-state index in [1.165, 1.54) is 0 Å². The van der Waals surface area contributed by atoms with Crippen molar-refractivity contribution in [3.63, 3.8) is 0 Å². The van der Waals surface area contributed by atoms with E-state index in [4.69, 9.17) is 4.74 Å². The van der Waals surface area contributed by atoms with Crippen LogP contribution in [0.1, 0.15) is 32.0 Å². The van der Waals surface area contributed by atoms with Gasteiger partial charge in [0.1, 0.15) is 5.75 Å². The molecule has 0 aliphatic rings. The van der Waals surface area contributed by atoms with Crippen LogP contribution in [0.5, 0.6) is 5.75 Å². The smallest absolute Gasteiger partial charge is 0.191 e. The number of nitrogens with one attached hydrogen (secondary N) is 2. The number of rotatable bonds is 8. The molecule has 0 radical (unpaired) electrons. The van der Waals surface area contributed by atoms with Crippen LogP contribution < -0.4 is 15.4 Å². The number of benzene rings is 1. The largest absolute Gasteiger partial charge is 0.493 e. The van der Waals surface area contributed by atoms with E-state index < -0.39 is 0 Å². The van der Waals surface area contributed by atoms with Crippen molar-refractivity contribution >= 4 is 5.96 Å². The van der Waals surface area contributed by atoms with E-state index in [-0.39, 0.29) is 0 Å². The van der Waals surface area contributed by atoms with Crippen molar-refractivity contribution in [1.29, 1.82) is 0 Å². The zero-order chi connectivity index (χ0) is 17.9. The van der Waals surface area contributed by atoms with Gasteiger partial charge in [0, 0.05) is 12.7 Å². The predicted octanol–water partition coefficient (Wildman–Crippen LogP) is 3.37. The molecule has 0 aliphatic heterocycles. The van der Waals surface area contributed by atoms with Gasteiger partial charge in [0.2, 0.25) is 0 Å². The van der Waals surface area contributed by atoms with Gasteiger partial charge in [0.25, 0.3) is 0 Å². The first-order chi connectivity index (χ1) is 12.2. The molecule has 1 heterocycles. The highest BCUT2D eigenvalue weighted by molar-refractivity contribution is 5.79. The van der Waals surface area contributed by atoms with Crippen molar-refractivity contribution in [3.8, 4) is 5.75 Å². The van der Waals surface area contributed by atoms with Gasteiger partial charge in [-0.25, -0.2) is 4.99 Å². The third-order valence-corrected chi connectivity index (χ3v) is 3.41. The molecule has 25 heavy (non-hydrogen) atoms. The van der Waals surface area contributed by atoms with Crippen LogP contribution in [0.4, 0.5) is 0 Å². The lowest BCUT2D eigenvalue weighted by Gasteiger charge is -2.12. The highest BCUT2D eigenvalue weighted by Crippen LogP contribution is 2.15. The Balaban J connectivity index is 1.94. The molecule has 0 saturated carbocycles. The lowest BCUT2D eigenvalue weighted by molar-refractivity contribution is 0.271. The molecule has 0 fully saturated rings. The van der Waals surface area contributed by atoms with Gasteiger partial charge in [-0.1, -0.05) is 32.0 Å². The summed E-state index contributed by atoms with van der Waals surface area (Å²) in [5.41, 5.74) is 2.11. The molecular weight excluding hydrogens is 312 g/mol. The molecule has 0 atom stereocenters. The first-order valence-electron chi connectivity index (χ1n) is 8.81. The fourth-order valence-corrected chi connectivity index (χ4v) is 2.19. The Bertz CT molecular complexity index is 656. The first-order valence-corrected chi connectivity index (χ1v) is 8.81. The van der Waals surface area contributed by atoms with Gasteiger partial charge in [-0.05, 0) is 42.7 Å². The predicted molar refractivity (Wildman–Crippen MR) is 103 cm³/mol. The van der Waals surface area contributed by atoms with Crippen molar-refractivity contribution in [2.75, 3.05) is 13.2 Å². The molecule has 5 nitrogen and oxygen atoms in total. The van der Waals surface area contributed by atoms with E-state index in [2.05, 4.69) is 47.4 Å². The van der Waals surface area contributed by atoms with Crippen LogP contribution in [-0.4, -0.2) is 24.1 Å². The van der Waals surface area contributed by atoms with Crippen molar-refractivity contribution in [1.82, 2.24) is 15.6 Å². The summed E-state index contributed by atoms with van der Waals surface area (Å²) in [4.78, 5) is 8.96. The maximum Gasteiger partial charge on any atom is 0.191 e. The standard InChI is InChI=1S/C20H28N4O/c1-4-21-20(24-14-18-9-5-6-11-22-18)23-13-17-8-7-10-19(12-17)25-15-16(2)3/h5-12,16H,4,13-15H2,1-3H3,(H2,21,23,24). The topological polar surface area (TPSA) is 58.5 Å². The maximum atomic E-state index is 5.78. The minimum atomic E-state index is 0.512. The molecular formula is C20H28N4O. The maximum absolute atomic E-state index is 5.78. The number of nitrogens with zero attached hydrogens (tertiary/aromatic N) is 2. The van der Waals surface area contributed by atoms with Crippen LogP contribution in [0, 0.1) is 5.92 Å². The van der Waals surface area contributed by atoms with Crippen molar-refractivity contribution < 1.29 is 4.74 Å². The summed E-state index contributed by atoms with van der Waals surface area (Å²) in [6.45, 7) is 9.11.